The van der Waals surface area contributed by atoms with Gasteiger partial charge in [0.05, 0.1) is 11.3 Å². The smallest absolute Gasteiger partial charge is 0.303 e. The van der Waals surface area contributed by atoms with Crippen LogP contribution in [0.1, 0.15) is 19.7 Å². The summed E-state index contributed by atoms with van der Waals surface area (Å²) in [7, 11) is 1.71. The fourth-order valence-corrected chi connectivity index (χ4v) is 2.23. The van der Waals surface area contributed by atoms with Crippen molar-refractivity contribution in [1.82, 2.24) is 29.7 Å². The van der Waals surface area contributed by atoms with Crippen LogP contribution in [0, 0.1) is 0 Å². The Morgan fingerprint density at radius 1 is 1.22 bits per heavy atom. The summed E-state index contributed by atoms with van der Waals surface area (Å²) in [6.45, 7) is 2.07. The molecule has 0 aliphatic carbocycles. The molecule has 2 N–H and O–H groups in total. The van der Waals surface area contributed by atoms with Crippen LogP contribution in [-0.4, -0.2) is 35.6 Å². The lowest BCUT2D eigenvalue weighted by atomic mass is 10.2. The lowest BCUT2D eigenvalue weighted by Gasteiger charge is -2.13. The second kappa shape index (κ2) is 7.02. The Kier molecular flexibility index (Phi) is 4.75. The Balaban J connectivity index is 2.02. The van der Waals surface area contributed by atoms with Crippen LogP contribution in [0.2, 0.25) is 0 Å². The third-order valence-electron chi connectivity index (χ3n) is 3.36. The first kappa shape index (κ1) is 18.3. The molecule has 0 bridgehead atoms. The molecule has 11 heteroatoms. The van der Waals surface area contributed by atoms with Crippen molar-refractivity contribution in [2.24, 2.45) is 7.05 Å². The van der Waals surface area contributed by atoms with Crippen LogP contribution in [0.15, 0.2) is 30.9 Å². The summed E-state index contributed by atoms with van der Waals surface area (Å²) in [6, 6.07) is 2.99. The highest BCUT2D eigenvalue weighted by molar-refractivity contribution is 5.89. The first-order valence-corrected chi connectivity index (χ1v) is 7.84. The van der Waals surface area contributed by atoms with Crippen molar-refractivity contribution < 1.29 is 13.6 Å². The number of nitrogens with one attached hydrogen (secondary N) is 2. The Bertz CT molecular complexity index is 983. The minimum Gasteiger partial charge on any atom is -0.339 e. The summed E-state index contributed by atoms with van der Waals surface area (Å²) in [4.78, 5) is 27.0. The number of halogens is 2. The first-order valence-electron chi connectivity index (χ1n) is 7.84. The van der Waals surface area contributed by atoms with Crippen molar-refractivity contribution in [1.29, 1.82) is 0 Å². The molecule has 0 aliphatic rings. The SMILES string of the molecule is CC(=O)Nc1cc(Nc2ccnc(C(C)(F)F)n2)c(-c2ncn(C)n2)cn1. The zero-order valence-electron chi connectivity index (χ0n) is 14.7. The van der Waals surface area contributed by atoms with E-state index in [1.807, 2.05) is 0 Å². The maximum absolute atomic E-state index is 13.5. The number of hydrogen-bond acceptors (Lipinski definition) is 7. The van der Waals surface area contributed by atoms with Gasteiger partial charge in [-0.1, -0.05) is 0 Å². The van der Waals surface area contributed by atoms with Gasteiger partial charge in [0.25, 0.3) is 0 Å². The van der Waals surface area contributed by atoms with Gasteiger partial charge in [0.1, 0.15) is 18.0 Å². The molecule has 3 heterocycles. The molecule has 9 nitrogen and oxygen atoms in total. The predicted octanol–water partition coefficient (Wildman–Crippen LogP) is 2.48. The van der Waals surface area contributed by atoms with Crippen LogP contribution in [0.4, 0.5) is 26.1 Å². The number of carbonyl (C=O) groups is 1. The van der Waals surface area contributed by atoms with E-state index >= 15 is 0 Å². The number of carbonyl (C=O) groups excluding carboxylic acids is 1. The molecule has 0 radical (unpaired) electrons. The lowest BCUT2D eigenvalue weighted by molar-refractivity contribution is -0.114. The Labute approximate surface area is 152 Å². The summed E-state index contributed by atoms with van der Waals surface area (Å²) < 4.78 is 28.5. The minimum absolute atomic E-state index is 0.152. The number of amides is 1. The zero-order chi connectivity index (χ0) is 19.6. The molecule has 0 spiro atoms. The van der Waals surface area contributed by atoms with Gasteiger partial charge in [-0.25, -0.2) is 19.9 Å². The van der Waals surface area contributed by atoms with E-state index in [0.717, 1.165) is 6.92 Å². The van der Waals surface area contributed by atoms with Crippen molar-refractivity contribution in [3.05, 3.63) is 36.7 Å². The molecule has 0 unspecified atom stereocenters. The molecular formula is C16H16F2N8O. The maximum atomic E-state index is 13.5. The summed E-state index contributed by atoms with van der Waals surface area (Å²) in [5.41, 5.74) is 0.942. The van der Waals surface area contributed by atoms with Gasteiger partial charge in [0.15, 0.2) is 5.82 Å². The number of aryl methyl sites for hydroxylation is 1. The standard InChI is InChI=1S/C16H16F2N8O/c1-9(27)22-13-6-11(10(7-20-13)14-21-8-26(3)25-14)23-12-4-5-19-15(24-12)16(2,17)18/h4-8H,1-3H3,(H2,19,20,22,23,24,27). The zero-order valence-corrected chi connectivity index (χ0v) is 14.7. The average molecular weight is 374 g/mol. The van der Waals surface area contributed by atoms with Crippen LogP contribution < -0.4 is 10.6 Å². The minimum atomic E-state index is -3.18. The highest BCUT2D eigenvalue weighted by Crippen LogP contribution is 2.30. The van der Waals surface area contributed by atoms with Crippen molar-refractivity contribution in [3.8, 4) is 11.4 Å². The first-order chi connectivity index (χ1) is 12.7. The predicted molar refractivity (Wildman–Crippen MR) is 93.4 cm³/mol. The summed E-state index contributed by atoms with van der Waals surface area (Å²) >= 11 is 0. The normalized spacial score (nSPS) is 11.3. The summed E-state index contributed by atoms with van der Waals surface area (Å²) in [5, 5.41) is 9.72. The number of alkyl halides is 2. The van der Waals surface area contributed by atoms with Gasteiger partial charge in [0, 0.05) is 39.4 Å². The van der Waals surface area contributed by atoms with E-state index in [1.165, 1.54) is 36.4 Å². The van der Waals surface area contributed by atoms with Gasteiger partial charge in [0.2, 0.25) is 11.7 Å². The van der Waals surface area contributed by atoms with E-state index in [0.29, 0.717) is 17.1 Å². The fourth-order valence-electron chi connectivity index (χ4n) is 2.23. The van der Waals surface area contributed by atoms with Crippen LogP contribution in [0.25, 0.3) is 11.4 Å². The third-order valence-corrected chi connectivity index (χ3v) is 3.36. The van der Waals surface area contributed by atoms with E-state index < -0.39 is 11.7 Å². The average Bonchev–Trinajstić information content (AvgIpc) is 3.00. The number of anilines is 3. The van der Waals surface area contributed by atoms with Crippen molar-refractivity contribution >= 4 is 23.2 Å². The summed E-state index contributed by atoms with van der Waals surface area (Å²) in [6.07, 6.45) is 4.22. The van der Waals surface area contributed by atoms with Gasteiger partial charge in [-0.05, 0) is 6.07 Å². The third kappa shape index (κ3) is 4.37. The maximum Gasteiger partial charge on any atom is 0.303 e. The van der Waals surface area contributed by atoms with Gasteiger partial charge < -0.3 is 10.6 Å². The van der Waals surface area contributed by atoms with E-state index in [2.05, 4.69) is 35.7 Å². The molecule has 1 amide bonds. The van der Waals surface area contributed by atoms with Gasteiger partial charge in [-0.2, -0.15) is 13.9 Å². The molecule has 0 atom stereocenters. The molecule has 3 aromatic heterocycles. The lowest BCUT2D eigenvalue weighted by Crippen LogP contribution is -2.13. The molecule has 0 aromatic carbocycles. The summed E-state index contributed by atoms with van der Waals surface area (Å²) in [5.74, 6) is -3.29. The molecule has 0 fully saturated rings. The Morgan fingerprint density at radius 2 is 2.00 bits per heavy atom. The quantitative estimate of drug-likeness (QED) is 0.706. The van der Waals surface area contributed by atoms with Crippen molar-refractivity contribution in [2.45, 2.75) is 19.8 Å². The number of pyridine rings is 1. The monoisotopic (exact) mass is 374 g/mol. The van der Waals surface area contributed by atoms with Crippen molar-refractivity contribution in [2.75, 3.05) is 10.6 Å². The Hall–Kier alpha value is -3.50. The van der Waals surface area contributed by atoms with Crippen LogP contribution in [0.5, 0.6) is 0 Å². The number of aromatic nitrogens is 6. The number of nitrogens with zero attached hydrogens (tertiary/aromatic N) is 6. The molecule has 3 rings (SSSR count). The van der Waals surface area contributed by atoms with Crippen LogP contribution in [0.3, 0.4) is 0 Å². The molecule has 140 valence electrons. The van der Waals surface area contributed by atoms with Crippen molar-refractivity contribution in [3.63, 3.8) is 0 Å². The molecule has 27 heavy (non-hydrogen) atoms. The molecular weight excluding hydrogens is 358 g/mol. The van der Waals surface area contributed by atoms with Gasteiger partial charge in [-0.15, -0.1) is 0 Å². The van der Waals surface area contributed by atoms with Crippen LogP contribution >= 0.6 is 0 Å². The largest absolute Gasteiger partial charge is 0.339 e. The highest BCUT2D eigenvalue weighted by atomic mass is 19.3. The fraction of sp³-hybridized carbons (Fsp3) is 0.250. The molecule has 3 aromatic rings. The van der Waals surface area contributed by atoms with Crippen LogP contribution in [-0.2, 0) is 17.8 Å². The van der Waals surface area contributed by atoms with E-state index in [4.69, 9.17) is 0 Å². The number of rotatable bonds is 5. The van der Waals surface area contributed by atoms with E-state index in [9.17, 15) is 13.6 Å². The second-order valence-corrected chi connectivity index (χ2v) is 5.82. The molecule has 0 saturated carbocycles. The van der Waals surface area contributed by atoms with Gasteiger partial charge >= 0.3 is 5.92 Å². The second-order valence-electron chi connectivity index (χ2n) is 5.82. The Morgan fingerprint density at radius 3 is 2.63 bits per heavy atom. The van der Waals surface area contributed by atoms with Gasteiger partial charge in [-0.3, -0.25) is 9.48 Å². The van der Waals surface area contributed by atoms with E-state index in [1.54, 1.807) is 13.1 Å². The topological polar surface area (TPSA) is 111 Å². The highest BCUT2D eigenvalue weighted by Gasteiger charge is 2.28. The molecule has 0 aliphatic heterocycles. The number of hydrogen-bond donors (Lipinski definition) is 2. The van der Waals surface area contributed by atoms with E-state index in [-0.39, 0.29) is 17.5 Å². The molecule has 0 saturated heterocycles.